The molecule has 0 saturated carbocycles. The lowest BCUT2D eigenvalue weighted by Crippen LogP contribution is -2.57. The molecule has 0 spiro atoms. The lowest BCUT2D eigenvalue weighted by atomic mass is 9.96. The standard InChI is InChI=1S/C34H40ClFN6O3/c1-34(2,3)45-33(44)42-21-11-12-22(42)19-41(18-21)31-26-17-27(35)28(25-16-23(43)15-20-9-6-7-10-24(20)25)29(36)30(26)38-32(39-31)37-13-8-14-40(4)5/h6-7,9-10,15-17,21-22,43H,8,11-14,18-19H2,1-5H3,(H,37,38,39). The van der Waals surface area contributed by atoms with E-state index in [0.717, 1.165) is 36.6 Å². The fourth-order valence-corrected chi connectivity index (χ4v) is 6.83. The van der Waals surface area contributed by atoms with E-state index in [1.165, 1.54) is 6.07 Å². The number of fused-ring (bicyclic) bond motifs is 4. The predicted molar refractivity (Wildman–Crippen MR) is 178 cm³/mol. The number of amides is 1. The Balaban J connectivity index is 1.44. The number of piperazine rings is 1. The first-order valence-corrected chi connectivity index (χ1v) is 15.8. The highest BCUT2D eigenvalue weighted by Crippen LogP contribution is 2.43. The van der Waals surface area contributed by atoms with Crippen LogP contribution in [0.15, 0.2) is 42.5 Å². The quantitative estimate of drug-likeness (QED) is 0.212. The molecule has 2 unspecified atom stereocenters. The molecular weight excluding hydrogens is 595 g/mol. The molecule has 2 aliphatic rings. The first-order chi connectivity index (χ1) is 21.4. The Bertz CT molecular complexity index is 1750. The fourth-order valence-electron chi connectivity index (χ4n) is 6.53. The van der Waals surface area contributed by atoms with Crippen molar-refractivity contribution in [3.63, 3.8) is 0 Å². The van der Waals surface area contributed by atoms with Crippen LogP contribution >= 0.6 is 11.6 Å². The van der Waals surface area contributed by atoms with Crippen LogP contribution in [0, 0.1) is 5.82 Å². The Morgan fingerprint density at radius 2 is 1.82 bits per heavy atom. The van der Waals surface area contributed by atoms with Gasteiger partial charge in [-0.1, -0.05) is 35.9 Å². The molecular formula is C34H40ClFN6O3. The number of hydrogen-bond acceptors (Lipinski definition) is 8. The number of ether oxygens (including phenoxy) is 1. The second-order valence-corrected chi connectivity index (χ2v) is 13.7. The molecule has 1 aromatic heterocycles. The van der Waals surface area contributed by atoms with Crippen LogP contribution in [0.5, 0.6) is 5.75 Å². The number of phenolic OH excluding ortho intramolecular Hbond substituents is 1. The largest absolute Gasteiger partial charge is 0.508 e. The second-order valence-electron chi connectivity index (χ2n) is 13.3. The highest BCUT2D eigenvalue weighted by atomic mass is 35.5. The Morgan fingerprint density at radius 3 is 2.51 bits per heavy atom. The molecule has 6 rings (SSSR count). The predicted octanol–water partition coefficient (Wildman–Crippen LogP) is 6.90. The summed E-state index contributed by atoms with van der Waals surface area (Å²) in [5.41, 5.74) is 0.217. The smallest absolute Gasteiger partial charge is 0.410 e. The average Bonchev–Trinajstić information content (AvgIpc) is 3.23. The van der Waals surface area contributed by atoms with Gasteiger partial charge in [-0.25, -0.2) is 14.2 Å². The van der Waals surface area contributed by atoms with Crippen LogP contribution in [0.2, 0.25) is 5.02 Å². The number of hydrogen-bond donors (Lipinski definition) is 2. The molecule has 2 fully saturated rings. The molecule has 2 atom stereocenters. The van der Waals surface area contributed by atoms with Gasteiger partial charge in [0.05, 0.1) is 17.1 Å². The normalized spacial score (nSPS) is 18.3. The number of nitrogens with zero attached hydrogens (tertiary/aromatic N) is 5. The van der Waals surface area contributed by atoms with Crippen molar-refractivity contribution in [2.75, 3.05) is 50.5 Å². The molecule has 9 nitrogen and oxygen atoms in total. The summed E-state index contributed by atoms with van der Waals surface area (Å²) in [5.74, 6) is 0.336. The highest BCUT2D eigenvalue weighted by molar-refractivity contribution is 6.35. The molecule has 0 aliphatic carbocycles. The monoisotopic (exact) mass is 634 g/mol. The van der Waals surface area contributed by atoms with Gasteiger partial charge in [-0.3, -0.25) is 4.90 Å². The van der Waals surface area contributed by atoms with Crippen molar-refractivity contribution < 1.29 is 19.0 Å². The van der Waals surface area contributed by atoms with Crippen molar-refractivity contribution in [2.24, 2.45) is 0 Å². The van der Waals surface area contributed by atoms with Crippen molar-refractivity contribution >= 4 is 51.1 Å². The molecule has 4 aromatic rings. The van der Waals surface area contributed by atoms with Crippen molar-refractivity contribution in [1.29, 1.82) is 0 Å². The van der Waals surface area contributed by atoms with E-state index < -0.39 is 11.4 Å². The van der Waals surface area contributed by atoms with Crippen molar-refractivity contribution in [2.45, 2.75) is 57.7 Å². The van der Waals surface area contributed by atoms with E-state index in [4.69, 9.17) is 21.3 Å². The van der Waals surface area contributed by atoms with Crippen LogP contribution in [-0.4, -0.2) is 88.9 Å². The Hall–Kier alpha value is -3.89. The zero-order valence-electron chi connectivity index (χ0n) is 26.4. The second kappa shape index (κ2) is 12.1. The minimum absolute atomic E-state index is 0.0178. The van der Waals surface area contributed by atoms with Crippen molar-refractivity contribution in [3.8, 4) is 16.9 Å². The molecule has 3 heterocycles. The average molecular weight is 635 g/mol. The third kappa shape index (κ3) is 6.31. The van der Waals surface area contributed by atoms with Gasteiger partial charge in [0.2, 0.25) is 5.95 Å². The van der Waals surface area contributed by atoms with E-state index in [9.17, 15) is 9.90 Å². The summed E-state index contributed by atoms with van der Waals surface area (Å²) in [6.45, 7) is 8.16. The van der Waals surface area contributed by atoms with Gasteiger partial charge in [0.25, 0.3) is 0 Å². The number of anilines is 2. The van der Waals surface area contributed by atoms with Gasteiger partial charge in [-0.15, -0.1) is 0 Å². The number of aromatic hydroxyl groups is 1. The lowest BCUT2D eigenvalue weighted by molar-refractivity contribution is 0.0123. The molecule has 238 valence electrons. The van der Waals surface area contributed by atoms with Crippen LogP contribution in [-0.2, 0) is 4.74 Å². The molecule has 2 N–H and O–H groups in total. The third-order valence-electron chi connectivity index (χ3n) is 8.43. The molecule has 3 aromatic carbocycles. The number of benzene rings is 3. The van der Waals surface area contributed by atoms with Crippen molar-refractivity contribution in [3.05, 3.63) is 53.3 Å². The van der Waals surface area contributed by atoms with Crippen LogP contribution in [0.3, 0.4) is 0 Å². The van der Waals surface area contributed by atoms with E-state index in [2.05, 4.69) is 20.1 Å². The highest BCUT2D eigenvalue weighted by Gasteiger charge is 2.45. The van der Waals surface area contributed by atoms with Gasteiger partial charge in [0, 0.05) is 30.6 Å². The number of rotatable bonds is 7. The van der Waals surface area contributed by atoms with Crippen LogP contribution < -0.4 is 10.2 Å². The summed E-state index contributed by atoms with van der Waals surface area (Å²) in [5, 5.41) is 16.0. The van der Waals surface area contributed by atoms with Crippen LogP contribution in [0.4, 0.5) is 21.0 Å². The van der Waals surface area contributed by atoms with Crippen LogP contribution in [0.25, 0.3) is 32.8 Å². The molecule has 2 saturated heterocycles. The first kappa shape index (κ1) is 31.1. The number of phenols is 1. The van der Waals surface area contributed by atoms with Gasteiger partial charge >= 0.3 is 6.09 Å². The molecule has 11 heteroatoms. The third-order valence-corrected chi connectivity index (χ3v) is 8.73. The zero-order chi connectivity index (χ0) is 32.0. The summed E-state index contributed by atoms with van der Waals surface area (Å²) < 4.78 is 22.5. The molecule has 2 bridgehead atoms. The van der Waals surface area contributed by atoms with Crippen LogP contribution in [0.1, 0.15) is 40.0 Å². The minimum atomic E-state index is -0.587. The summed E-state index contributed by atoms with van der Waals surface area (Å²) in [7, 11) is 4.03. The molecule has 2 aliphatic heterocycles. The van der Waals surface area contributed by atoms with Gasteiger partial charge in [-0.2, -0.15) is 4.98 Å². The number of aromatic nitrogens is 2. The summed E-state index contributed by atoms with van der Waals surface area (Å²) in [4.78, 5) is 28.8. The van der Waals surface area contributed by atoms with E-state index in [1.54, 1.807) is 12.1 Å². The topological polar surface area (TPSA) is 94.1 Å². The SMILES string of the molecule is CN(C)CCCNc1nc(N2CC3CCC(C2)N3C(=O)OC(C)(C)C)c2cc(Cl)c(-c3cc(O)cc4ccccc34)c(F)c2n1. The number of halogens is 2. The maximum absolute atomic E-state index is 16.8. The summed E-state index contributed by atoms with van der Waals surface area (Å²) in [6, 6.07) is 12.3. The first-order valence-electron chi connectivity index (χ1n) is 15.5. The summed E-state index contributed by atoms with van der Waals surface area (Å²) >= 11 is 6.89. The van der Waals surface area contributed by atoms with E-state index in [-0.39, 0.29) is 40.0 Å². The molecule has 45 heavy (non-hydrogen) atoms. The van der Waals surface area contributed by atoms with Gasteiger partial charge in [0.1, 0.15) is 22.7 Å². The number of carbonyl (C=O) groups is 1. The van der Waals surface area contributed by atoms with Crippen molar-refractivity contribution in [1.82, 2.24) is 19.8 Å². The zero-order valence-corrected chi connectivity index (χ0v) is 27.2. The maximum atomic E-state index is 16.8. The lowest BCUT2D eigenvalue weighted by Gasteiger charge is -2.42. The maximum Gasteiger partial charge on any atom is 0.410 e. The molecule has 1 amide bonds. The minimum Gasteiger partial charge on any atom is -0.508 e. The number of carbonyl (C=O) groups excluding carboxylic acids is 1. The number of nitrogens with one attached hydrogen (secondary N) is 1. The van der Waals surface area contributed by atoms with Gasteiger partial charge < -0.3 is 25.0 Å². The Labute approximate surface area is 267 Å². The molecule has 0 radical (unpaired) electrons. The fraction of sp³-hybridized carbons (Fsp3) is 0.441. The van der Waals surface area contributed by atoms with E-state index >= 15 is 4.39 Å². The Kier molecular flexibility index (Phi) is 8.39. The van der Waals surface area contributed by atoms with Gasteiger partial charge in [-0.05, 0) is 95.2 Å². The summed E-state index contributed by atoms with van der Waals surface area (Å²) in [6.07, 6.45) is 2.25. The Morgan fingerprint density at radius 1 is 1.11 bits per heavy atom. The van der Waals surface area contributed by atoms with E-state index in [0.29, 0.717) is 42.4 Å². The van der Waals surface area contributed by atoms with Gasteiger partial charge in [0.15, 0.2) is 5.82 Å². The van der Waals surface area contributed by atoms with E-state index in [1.807, 2.05) is 64.0 Å².